The number of hydrogen-bond acceptors (Lipinski definition) is 8. The Balaban J connectivity index is 1.75. The van der Waals surface area contributed by atoms with Crippen molar-refractivity contribution in [1.82, 2.24) is 14.8 Å². The van der Waals surface area contributed by atoms with Gasteiger partial charge in [-0.05, 0) is 42.8 Å². The van der Waals surface area contributed by atoms with Gasteiger partial charge in [0, 0.05) is 16.3 Å². The predicted octanol–water partition coefficient (Wildman–Crippen LogP) is 2.29. The average molecular weight is 406 g/mol. The van der Waals surface area contributed by atoms with Crippen LogP contribution in [0.3, 0.4) is 0 Å². The van der Waals surface area contributed by atoms with Crippen LogP contribution in [0.1, 0.15) is 21.5 Å². The standard InChI is InChI=1S/C16H18N6O3S2/c1-3-12-8-9-13(26-12)14(23)22-15(17)19-16(20-22)18-10-4-6-11(7-5-10)21-27(2,24)25/h4-9,21H,3H2,1-2H3,(H3,17,18,19,20). The van der Waals surface area contributed by atoms with E-state index in [2.05, 4.69) is 20.1 Å². The zero-order valence-corrected chi connectivity index (χ0v) is 16.3. The summed E-state index contributed by atoms with van der Waals surface area (Å²) in [5.41, 5.74) is 6.87. The second kappa shape index (κ2) is 7.37. The molecule has 27 heavy (non-hydrogen) atoms. The Hall–Kier alpha value is -2.92. The molecule has 0 atom stereocenters. The van der Waals surface area contributed by atoms with E-state index in [9.17, 15) is 13.2 Å². The first-order valence-electron chi connectivity index (χ1n) is 7.96. The summed E-state index contributed by atoms with van der Waals surface area (Å²) in [6.45, 7) is 2.02. The maximum atomic E-state index is 12.5. The Morgan fingerprint density at radius 3 is 2.44 bits per heavy atom. The predicted molar refractivity (Wildman–Crippen MR) is 106 cm³/mol. The minimum atomic E-state index is -3.34. The molecular formula is C16H18N6O3S2. The van der Waals surface area contributed by atoms with Gasteiger partial charge in [-0.2, -0.15) is 9.67 Å². The molecule has 0 aliphatic heterocycles. The highest BCUT2D eigenvalue weighted by Crippen LogP contribution is 2.21. The van der Waals surface area contributed by atoms with E-state index in [4.69, 9.17) is 5.73 Å². The molecule has 0 spiro atoms. The Kier molecular flexibility index (Phi) is 5.15. The van der Waals surface area contributed by atoms with Gasteiger partial charge in [-0.1, -0.05) is 6.92 Å². The lowest BCUT2D eigenvalue weighted by molar-refractivity contribution is 0.0952. The number of nitrogens with zero attached hydrogens (tertiary/aromatic N) is 3. The summed E-state index contributed by atoms with van der Waals surface area (Å²) in [7, 11) is -3.34. The molecule has 0 bridgehead atoms. The van der Waals surface area contributed by atoms with E-state index >= 15 is 0 Å². The molecule has 0 amide bonds. The fourth-order valence-corrected chi connectivity index (χ4v) is 3.72. The van der Waals surface area contributed by atoms with E-state index in [1.165, 1.54) is 11.3 Å². The van der Waals surface area contributed by atoms with E-state index in [0.29, 0.717) is 16.3 Å². The molecule has 3 aromatic rings. The average Bonchev–Trinajstić information content (AvgIpc) is 3.21. The summed E-state index contributed by atoms with van der Waals surface area (Å²) in [6.07, 6.45) is 1.92. The second-order valence-corrected chi connectivity index (χ2v) is 8.62. The van der Waals surface area contributed by atoms with Crippen molar-refractivity contribution in [2.75, 3.05) is 22.0 Å². The minimum Gasteiger partial charge on any atom is -0.368 e. The zero-order valence-electron chi connectivity index (χ0n) is 14.6. The van der Waals surface area contributed by atoms with Gasteiger partial charge in [-0.25, -0.2) is 8.42 Å². The Bertz CT molecular complexity index is 1070. The van der Waals surface area contributed by atoms with Gasteiger partial charge in [0.05, 0.1) is 11.1 Å². The van der Waals surface area contributed by atoms with Crippen LogP contribution in [-0.4, -0.2) is 35.3 Å². The van der Waals surface area contributed by atoms with Crippen molar-refractivity contribution in [2.45, 2.75) is 13.3 Å². The summed E-state index contributed by atoms with van der Waals surface area (Å²) < 4.78 is 25.9. The van der Waals surface area contributed by atoms with E-state index in [1.807, 2.05) is 13.0 Å². The summed E-state index contributed by atoms with van der Waals surface area (Å²) in [5, 5.41) is 7.04. The van der Waals surface area contributed by atoms with Gasteiger partial charge < -0.3 is 11.1 Å². The summed E-state index contributed by atoms with van der Waals surface area (Å²) >= 11 is 1.39. The fraction of sp³-hybridized carbons (Fsp3) is 0.188. The number of anilines is 4. The van der Waals surface area contributed by atoms with Gasteiger partial charge in [-0.15, -0.1) is 16.4 Å². The number of carbonyl (C=O) groups is 1. The normalized spacial score (nSPS) is 11.3. The number of aryl methyl sites for hydroxylation is 1. The highest BCUT2D eigenvalue weighted by atomic mass is 32.2. The lowest BCUT2D eigenvalue weighted by atomic mass is 10.3. The molecule has 0 aliphatic rings. The molecule has 1 aromatic carbocycles. The van der Waals surface area contributed by atoms with E-state index in [0.717, 1.165) is 22.2 Å². The molecule has 0 radical (unpaired) electrons. The molecule has 4 N–H and O–H groups in total. The smallest absolute Gasteiger partial charge is 0.291 e. The lowest BCUT2D eigenvalue weighted by Crippen LogP contribution is -2.15. The number of carbonyl (C=O) groups excluding carboxylic acids is 1. The molecule has 2 heterocycles. The van der Waals surface area contributed by atoms with Crippen molar-refractivity contribution in [1.29, 1.82) is 0 Å². The van der Waals surface area contributed by atoms with Crippen LogP contribution in [0.15, 0.2) is 36.4 Å². The van der Waals surface area contributed by atoms with Crippen LogP contribution in [0.2, 0.25) is 0 Å². The highest BCUT2D eigenvalue weighted by molar-refractivity contribution is 7.92. The SMILES string of the molecule is CCc1ccc(C(=O)n2nc(Nc3ccc(NS(C)(=O)=O)cc3)nc2N)s1. The van der Waals surface area contributed by atoms with Gasteiger partial charge in [-0.3, -0.25) is 9.52 Å². The summed E-state index contributed by atoms with van der Waals surface area (Å²) in [4.78, 5) is 18.2. The largest absolute Gasteiger partial charge is 0.368 e. The number of benzene rings is 1. The topological polar surface area (TPSA) is 132 Å². The van der Waals surface area contributed by atoms with Crippen LogP contribution in [0.5, 0.6) is 0 Å². The Morgan fingerprint density at radius 2 is 1.85 bits per heavy atom. The second-order valence-electron chi connectivity index (χ2n) is 5.71. The van der Waals surface area contributed by atoms with Crippen molar-refractivity contribution in [3.05, 3.63) is 46.2 Å². The highest BCUT2D eigenvalue weighted by Gasteiger charge is 2.17. The van der Waals surface area contributed by atoms with Crippen molar-refractivity contribution >= 4 is 50.5 Å². The molecule has 0 saturated heterocycles. The van der Waals surface area contributed by atoms with Crippen LogP contribution >= 0.6 is 11.3 Å². The van der Waals surface area contributed by atoms with Gasteiger partial charge in [0.15, 0.2) is 0 Å². The number of aromatic nitrogens is 3. The molecule has 0 aliphatic carbocycles. The number of nitrogens with one attached hydrogen (secondary N) is 2. The zero-order chi connectivity index (χ0) is 19.6. The van der Waals surface area contributed by atoms with Crippen molar-refractivity contribution in [2.24, 2.45) is 0 Å². The molecule has 0 fully saturated rings. The molecular weight excluding hydrogens is 388 g/mol. The molecule has 3 rings (SSSR count). The van der Waals surface area contributed by atoms with Crippen LogP contribution in [0.4, 0.5) is 23.3 Å². The molecule has 11 heteroatoms. The van der Waals surface area contributed by atoms with Gasteiger partial charge in [0.1, 0.15) is 0 Å². The molecule has 2 aromatic heterocycles. The number of hydrogen-bond donors (Lipinski definition) is 3. The molecule has 9 nitrogen and oxygen atoms in total. The van der Waals surface area contributed by atoms with Crippen molar-refractivity contribution < 1.29 is 13.2 Å². The first kappa shape index (κ1) is 18.9. The Morgan fingerprint density at radius 1 is 1.19 bits per heavy atom. The number of thiophene rings is 1. The lowest BCUT2D eigenvalue weighted by Gasteiger charge is -2.05. The van der Waals surface area contributed by atoms with Gasteiger partial charge in [0.25, 0.3) is 5.91 Å². The monoisotopic (exact) mass is 406 g/mol. The third kappa shape index (κ3) is 4.63. The molecule has 0 saturated carbocycles. The van der Waals surface area contributed by atoms with Crippen LogP contribution < -0.4 is 15.8 Å². The number of rotatable bonds is 6. The van der Waals surface area contributed by atoms with Gasteiger partial charge >= 0.3 is 0 Å². The Labute approximate surface area is 160 Å². The number of nitrogens with two attached hydrogens (primary N) is 1. The molecule has 0 unspecified atom stereocenters. The first-order valence-corrected chi connectivity index (χ1v) is 10.7. The summed E-state index contributed by atoms with van der Waals surface area (Å²) in [5.74, 6) is -0.202. The fourth-order valence-electron chi connectivity index (χ4n) is 2.28. The maximum Gasteiger partial charge on any atom is 0.291 e. The van der Waals surface area contributed by atoms with E-state index in [1.54, 1.807) is 30.3 Å². The first-order chi connectivity index (χ1) is 12.7. The quantitative estimate of drug-likeness (QED) is 0.572. The van der Waals surface area contributed by atoms with Gasteiger partial charge in [0.2, 0.25) is 21.9 Å². The van der Waals surface area contributed by atoms with E-state index < -0.39 is 10.0 Å². The van der Waals surface area contributed by atoms with Crippen LogP contribution in [0, 0.1) is 0 Å². The van der Waals surface area contributed by atoms with Crippen LogP contribution in [-0.2, 0) is 16.4 Å². The third-order valence-corrected chi connectivity index (χ3v) is 5.31. The third-order valence-electron chi connectivity index (χ3n) is 3.49. The van der Waals surface area contributed by atoms with Crippen molar-refractivity contribution in [3.8, 4) is 0 Å². The summed E-state index contributed by atoms with van der Waals surface area (Å²) in [6, 6.07) is 10.1. The molecule has 142 valence electrons. The number of sulfonamides is 1. The number of nitrogen functional groups attached to an aromatic ring is 1. The maximum absolute atomic E-state index is 12.5. The van der Waals surface area contributed by atoms with E-state index in [-0.39, 0.29) is 17.8 Å². The van der Waals surface area contributed by atoms with Crippen molar-refractivity contribution in [3.63, 3.8) is 0 Å². The van der Waals surface area contributed by atoms with Crippen LogP contribution in [0.25, 0.3) is 0 Å². The minimum absolute atomic E-state index is 0.0238.